The lowest BCUT2D eigenvalue weighted by Gasteiger charge is -2.26. The van der Waals surface area contributed by atoms with Crippen LogP contribution in [0.2, 0.25) is 0 Å². The lowest BCUT2D eigenvalue weighted by atomic mass is 9.96. The van der Waals surface area contributed by atoms with E-state index in [0.29, 0.717) is 24.1 Å². The molecule has 2 atom stereocenters. The normalized spacial score (nSPS) is 25.8. The zero-order valence-corrected chi connectivity index (χ0v) is 17.0. The Kier molecular flexibility index (Phi) is 6.66. The number of nitrogens with zero attached hydrogens (tertiary/aromatic N) is 4. The van der Waals surface area contributed by atoms with Crippen LogP contribution in [0.3, 0.4) is 0 Å². The Hall–Kier alpha value is -1.02. The van der Waals surface area contributed by atoms with Crippen molar-refractivity contribution in [1.82, 2.24) is 19.7 Å². The van der Waals surface area contributed by atoms with Gasteiger partial charge in [0.25, 0.3) is 5.91 Å². The first kappa shape index (κ1) is 19.7. The van der Waals surface area contributed by atoms with E-state index < -0.39 is 0 Å². The van der Waals surface area contributed by atoms with Crippen molar-refractivity contribution in [1.29, 1.82) is 0 Å². The molecule has 0 radical (unpaired) electrons. The number of aliphatic hydroxyl groups excluding tert-OH is 1. The molecule has 7 heteroatoms. The number of amides is 1. The molecule has 1 aromatic heterocycles. The number of carbonyl (C=O) groups excluding carboxylic acids is 1. The van der Waals surface area contributed by atoms with E-state index in [2.05, 4.69) is 35.7 Å². The topological polar surface area (TPSA) is 59.9 Å². The van der Waals surface area contributed by atoms with Crippen LogP contribution < -0.4 is 0 Å². The van der Waals surface area contributed by atoms with E-state index in [1.54, 1.807) is 11.3 Å². The molecule has 3 heterocycles. The molecule has 0 saturated carbocycles. The highest BCUT2D eigenvalue weighted by Gasteiger charge is 2.36. The molecule has 0 aliphatic carbocycles. The number of thiazole rings is 1. The highest BCUT2D eigenvalue weighted by Crippen LogP contribution is 2.27. The lowest BCUT2D eigenvalue weighted by Crippen LogP contribution is -2.36. The van der Waals surface area contributed by atoms with Crippen LogP contribution in [0.1, 0.15) is 41.7 Å². The van der Waals surface area contributed by atoms with Gasteiger partial charge in [0.1, 0.15) is 5.69 Å². The van der Waals surface area contributed by atoms with E-state index in [-0.39, 0.29) is 18.4 Å². The fourth-order valence-corrected chi connectivity index (χ4v) is 4.75. The third-order valence-electron chi connectivity index (χ3n) is 5.64. The van der Waals surface area contributed by atoms with Gasteiger partial charge in [-0.1, -0.05) is 13.8 Å². The number of likely N-dealkylation sites (N-methyl/N-ethyl adjacent to an activating group) is 1. The van der Waals surface area contributed by atoms with Gasteiger partial charge in [0, 0.05) is 56.5 Å². The van der Waals surface area contributed by atoms with Gasteiger partial charge in [0.2, 0.25) is 0 Å². The van der Waals surface area contributed by atoms with Crippen molar-refractivity contribution in [3.8, 4) is 0 Å². The largest absolute Gasteiger partial charge is 0.396 e. The Bertz CT molecular complexity index is 606. The maximum Gasteiger partial charge on any atom is 0.273 e. The number of likely N-dealkylation sites (tertiary alicyclic amines) is 1. The van der Waals surface area contributed by atoms with Gasteiger partial charge in [0.05, 0.1) is 5.01 Å². The summed E-state index contributed by atoms with van der Waals surface area (Å²) in [7, 11) is 2.18. The standard InChI is InChI=1S/C19H32N4O2S/c1-14(2)18-20-17(13-26-18)19(25)23-10-15(16(11-23)12-24)9-22-6-4-5-21(3)7-8-22/h13-16,24H,4-12H2,1-3H3/t15-,16-/m1/s1. The fraction of sp³-hybridized carbons (Fsp3) is 0.789. The zero-order valence-electron chi connectivity index (χ0n) is 16.2. The van der Waals surface area contributed by atoms with Gasteiger partial charge in [-0.3, -0.25) is 4.79 Å². The highest BCUT2D eigenvalue weighted by molar-refractivity contribution is 7.09. The van der Waals surface area contributed by atoms with Crippen molar-refractivity contribution in [3.63, 3.8) is 0 Å². The summed E-state index contributed by atoms with van der Waals surface area (Å²) < 4.78 is 0. The maximum absolute atomic E-state index is 12.8. The van der Waals surface area contributed by atoms with Crippen molar-refractivity contribution in [2.45, 2.75) is 26.2 Å². The maximum atomic E-state index is 12.8. The SMILES string of the molecule is CC(C)c1nc(C(=O)N2C[C@@H](CN3CCCN(C)CC3)[C@@H](CO)C2)cs1. The second-order valence-electron chi connectivity index (χ2n) is 8.10. The minimum atomic E-state index is 0.0182. The molecule has 2 fully saturated rings. The van der Waals surface area contributed by atoms with Gasteiger partial charge in [-0.2, -0.15) is 0 Å². The molecular formula is C19H32N4O2S. The number of rotatable bonds is 5. The summed E-state index contributed by atoms with van der Waals surface area (Å²) in [6.07, 6.45) is 1.19. The molecule has 0 bridgehead atoms. The van der Waals surface area contributed by atoms with Crippen LogP contribution in [0.25, 0.3) is 0 Å². The molecule has 146 valence electrons. The Labute approximate surface area is 160 Å². The summed E-state index contributed by atoms with van der Waals surface area (Å²) in [5, 5.41) is 12.7. The van der Waals surface area contributed by atoms with Gasteiger partial charge in [-0.15, -0.1) is 11.3 Å². The van der Waals surface area contributed by atoms with E-state index in [9.17, 15) is 9.90 Å². The molecule has 6 nitrogen and oxygen atoms in total. The van der Waals surface area contributed by atoms with Crippen LogP contribution >= 0.6 is 11.3 Å². The first-order valence-electron chi connectivity index (χ1n) is 9.74. The predicted molar refractivity (Wildman–Crippen MR) is 105 cm³/mol. The van der Waals surface area contributed by atoms with Gasteiger partial charge in [-0.05, 0) is 32.5 Å². The van der Waals surface area contributed by atoms with Gasteiger partial charge >= 0.3 is 0 Å². The van der Waals surface area contributed by atoms with Gasteiger partial charge < -0.3 is 19.8 Å². The van der Waals surface area contributed by atoms with Crippen molar-refractivity contribution >= 4 is 17.2 Å². The van der Waals surface area contributed by atoms with Crippen molar-refractivity contribution in [3.05, 3.63) is 16.1 Å². The third-order valence-corrected chi connectivity index (χ3v) is 6.78. The van der Waals surface area contributed by atoms with Gasteiger partial charge in [-0.25, -0.2) is 4.98 Å². The first-order valence-corrected chi connectivity index (χ1v) is 10.6. The van der Waals surface area contributed by atoms with E-state index in [4.69, 9.17) is 0 Å². The Morgan fingerprint density at radius 1 is 1.27 bits per heavy atom. The number of carbonyl (C=O) groups is 1. The molecule has 2 saturated heterocycles. The number of aromatic nitrogens is 1. The summed E-state index contributed by atoms with van der Waals surface area (Å²) in [6.45, 7) is 11.1. The second-order valence-corrected chi connectivity index (χ2v) is 8.99. The third kappa shape index (κ3) is 4.63. The van der Waals surface area contributed by atoms with Crippen LogP contribution in [0.15, 0.2) is 5.38 Å². The van der Waals surface area contributed by atoms with E-state index in [0.717, 1.165) is 44.3 Å². The molecule has 2 aliphatic rings. The second kappa shape index (κ2) is 8.78. The quantitative estimate of drug-likeness (QED) is 0.841. The number of aliphatic hydroxyl groups is 1. The van der Waals surface area contributed by atoms with Crippen LogP contribution in [-0.4, -0.2) is 90.2 Å². The molecule has 1 aromatic rings. The predicted octanol–water partition coefficient (Wildman–Crippen LogP) is 1.58. The van der Waals surface area contributed by atoms with E-state index in [1.807, 2.05) is 10.3 Å². The van der Waals surface area contributed by atoms with Crippen LogP contribution in [0, 0.1) is 11.8 Å². The Morgan fingerprint density at radius 2 is 2.04 bits per heavy atom. The summed E-state index contributed by atoms with van der Waals surface area (Å²) >= 11 is 1.56. The lowest BCUT2D eigenvalue weighted by molar-refractivity contribution is 0.0774. The van der Waals surface area contributed by atoms with Crippen LogP contribution in [-0.2, 0) is 0 Å². The molecule has 2 aliphatic heterocycles. The summed E-state index contributed by atoms with van der Waals surface area (Å²) in [4.78, 5) is 24.1. The monoisotopic (exact) mass is 380 g/mol. The number of hydrogen-bond acceptors (Lipinski definition) is 6. The van der Waals surface area contributed by atoms with E-state index >= 15 is 0 Å². The zero-order chi connectivity index (χ0) is 18.7. The minimum absolute atomic E-state index is 0.0182. The molecule has 1 amide bonds. The Morgan fingerprint density at radius 3 is 2.73 bits per heavy atom. The van der Waals surface area contributed by atoms with E-state index in [1.165, 1.54) is 6.42 Å². The molecule has 0 aromatic carbocycles. The van der Waals surface area contributed by atoms with Crippen LogP contribution in [0.4, 0.5) is 0 Å². The smallest absolute Gasteiger partial charge is 0.273 e. The highest BCUT2D eigenvalue weighted by atomic mass is 32.1. The summed E-state index contributed by atoms with van der Waals surface area (Å²) in [6, 6.07) is 0. The molecule has 1 N–H and O–H groups in total. The minimum Gasteiger partial charge on any atom is -0.396 e. The average molecular weight is 381 g/mol. The molecule has 3 rings (SSSR count). The van der Waals surface area contributed by atoms with Crippen molar-refractivity contribution in [2.75, 3.05) is 59.5 Å². The Balaban J connectivity index is 1.61. The van der Waals surface area contributed by atoms with Crippen LogP contribution in [0.5, 0.6) is 0 Å². The summed E-state index contributed by atoms with van der Waals surface area (Å²) in [5.74, 6) is 0.877. The first-order chi connectivity index (χ1) is 12.5. The van der Waals surface area contributed by atoms with Crippen molar-refractivity contribution in [2.24, 2.45) is 11.8 Å². The molecular weight excluding hydrogens is 348 g/mol. The molecule has 26 heavy (non-hydrogen) atoms. The fourth-order valence-electron chi connectivity index (χ4n) is 3.95. The van der Waals surface area contributed by atoms with Gasteiger partial charge in [0.15, 0.2) is 0 Å². The molecule has 0 unspecified atom stereocenters. The summed E-state index contributed by atoms with van der Waals surface area (Å²) in [5.41, 5.74) is 0.562. The number of hydrogen-bond donors (Lipinski definition) is 1. The average Bonchev–Trinajstić information content (AvgIpc) is 3.21. The van der Waals surface area contributed by atoms with Crippen molar-refractivity contribution < 1.29 is 9.90 Å². The molecule has 0 spiro atoms.